The minimum Gasteiger partial charge on any atom is -0.465 e. The number of carbonyl (C=O) groups is 1. The molecule has 0 unspecified atom stereocenters. The Morgan fingerprint density at radius 2 is 1.84 bits per heavy atom. The molecule has 0 amide bonds. The molecule has 1 aromatic carbocycles. The van der Waals surface area contributed by atoms with Gasteiger partial charge in [-0.3, -0.25) is 0 Å². The molecule has 1 fully saturated rings. The summed E-state index contributed by atoms with van der Waals surface area (Å²) in [5.74, 6) is -0.144. The molecule has 2 rings (SSSR count). The first-order valence-corrected chi connectivity index (χ1v) is 8.24. The number of hydrogen-bond acceptors (Lipinski definition) is 4. The lowest BCUT2D eigenvalue weighted by Gasteiger charge is -2.13. The number of esters is 1. The maximum absolute atomic E-state index is 11.7. The summed E-state index contributed by atoms with van der Waals surface area (Å²) in [5.41, 5.74) is 1.24. The van der Waals surface area contributed by atoms with Crippen LogP contribution in [0.2, 0.25) is 0 Å². The molecule has 1 saturated carbocycles. The number of rotatable bonds is 3. The van der Waals surface area contributed by atoms with Crippen LogP contribution in [0.1, 0.15) is 47.5 Å². The van der Waals surface area contributed by atoms with Crippen LogP contribution in [0.25, 0.3) is 0 Å². The van der Waals surface area contributed by atoms with Gasteiger partial charge in [0.1, 0.15) is 0 Å². The van der Waals surface area contributed by atoms with E-state index in [1.165, 1.54) is 13.2 Å². The molecule has 4 nitrogen and oxygen atoms in total. The van der Waals surface area contributed by atoms with Crippen molar-refractivity contribution < 1.29 is 17.9 Å². The Labute approximate surface area is 113 Å². The van der Waals surface area contributed by atoms with Gasteiger partial charge in [0.25, 0.3) is 0 Å². The van der Waals surface area contributed by atoms with Gasteiger partial charge in [0, 0.05) is 6.26 Å². The fraction of sp³-hybridized carbons (Fsp3) is 0.500. The summed E-state index contributed by atoms with van der Waals surface area (Å²) in [6, 6.07) is 4.84. The van der Waals surface area contributed by atoms with Crippen LogP contribution in [-0.4, -0.2) is 27.8 Å². The smallest absolute Gasteiger partial charge is 0.337 e. The van der Waals surface area contributed by atoms with Crippen LogP contribution in [0.4, 0.5) is 0 Å². The summed E-state index contributed by atoms with van der Waals surface area (Å²) in [6.45, 7) is 0. The van der Waals surface area contributed by atoms with Gasteiger partial charge in [0.05, 0.1) is 17.6 Å². The van der Waals surface area contributed by atoms with Crippen molar-refractivity contribution in [2.75, 3.05) is 13.4 Å². The first-order chi connectivity index (χ1) is 8.91. The summed E-state index contributed by atoms with van der Waals surface area (Å²) >= 11 is 0. The van der Waals surface area contributed by atoms with Gasteiger partial charge in [-0.05, 0) is 42.5 Å². The van der Waals surface area contributed by atoms with Crippen molar-refractivity contribution >= 4 is 15.8 Å². The van der Waals surface area contributed by atoms with E-state index in [-0.39, 0.29) is 4.90 Å². The lowest BCUT2D eigenvalue weighted by Crippen LogP contribution is -2.07. The molecule has 1 aliphatic rings. The Bertz CT molecular complexity index is 583. The molecular formula is C14H18O4S. The SMILES string of the molecule is COC(=O)c1cc(C2CCCC2)cc(S(C)(=O)=O)c1. The Hall–Kier alpha value is -1.36. The van der Waals surface area contributed by atoms with Crippen LogP contribution in [0.5, 0.6) is 0 Å². The number of methoxy groups -OCH3 is 1. The van der Waals surface area contributed by atoms with Crippen LogP contribution in [-0.2, 0) is 14.6 Å². The van der Waals surface area contributed by atoms with Crippen molar-refractivity contribution in [2.45, 2.75) is 36.5 Å². The second-order valence-corrected chi connectivity index (χ2v) is 7.05. The second-order valence-electron chi connectivity index (χ2n) is 5.04. The van der Waals surface area contributed by atoms with E-state index in [4.69, 9.17) is 0 Å². The summed E-state index contributed by atoms with van der Waals surface area (Å²) in [6.07, 6.45) is 5.56. The van der Waals surface area contributed by atoms with Gasteiger partial charge in [-0.2, -0.15) is 0 Å². The normalized spacial score (nSPS) is 16.5. The fourth-order valence-corrected chi connectivity index (χ4v) is 3.26. The molecule has 5 heteroatoms. The maximum Gasteiger partial charge on any atom is 0.337 e. The van der Waals surface area contributed by atoms with Crippen LogP contribution >= 0.6 is 0 Å². The predicted molar refractivity (Wildman–Crippen MR) is 72.1 cm³/mol. The first-order valence-electron chi connectivity index (χ1n) is 6.35. The summed E-state index contributed by atoms with van der Waals surface area (Å²) < 4.78 is 28.1. The van der Waals surface area contributed by atoms with E-state index in [1.807, 2.05) is 0 Å². The van der Waals surface area contributed by atoms with Crippen LogP contribution < -0.4 is 0 Å². The molecule has 0 radical (unpaired) electrons. The molecule has 0 bridgehead atoms. The van der Waals surface area contributed by atoms with Gasteiger partial charge in [-0.1, -0.05) is 12.8 Å². The zero-order valence-corrected chi connectivity index (χ0v) is 12.0. The number of sulfone groups is 1. The standard InChI is InChI=1S/C14H18O4S/c1-18-14(15)12-7-11(10-5-3-4-6-10)8-13(9-12)19(2,16)17/h7-10H,3-6H2,1-2H3. The third-order valence-corrected chi connectivity index (χ3v) is 4.70. The Morgan fingerprint density at radius 1 is 1.21 bits per heavy atom. The van der Waals surface area contributed by atoms with Crippen LogP contribution in [0.3, 0.4) is 0 Å². The second kappa shape index (κ2) is 5.33. The molecule has 0 atom stereocenters. The van der Waals surface area contributed by atoms with E-state index in [9.17, 15) is 13.2 Å². The Balaban J connectivity index is 2.51. The number of benzene rings is 1. The van der Waals surface area contributed by atoms with Crippen molar-refractivity contribution in [1.82, 2.24) is 0 Å². The van der Waals surface area contributed by atoms with Gasteiger partial charge in [-0.25, -0.2) is 13.2 Å². The van der Waals surface area contributed by atoms with E-state index in [2.05, 4.69) is 4.74 Å². The summed E-state index contributed by atoms with van der Waals surface area (Å²) in [5, 5.41) is 0. The molecular weight excluding hydrogens is 264 g/mol. The highest BCUT2D eigenvalue weighted by molar-refractivity contribution is 7.90. The van der Waals surface area contributed by atoms with Crippen molar-refractivity contribution in [3.63, 3.8) is 0 Å². The van der Waals surface area contributed by atoms with E-state index >= 15 is 0 Å². The van der Waals surface area contributed by atoms with Gasteiger partial charge < -0.3 is 4.74 Å². The van der Waals surface area contributed by atoms with E-state index < -0.39 is 15.8 Å². The van der Waals surface area contributed by atoms with Crippen molar-refractivity contribution in [1.29, 1.82) is 0 Å². The molecule has 1 aromatic rings. The number of ether oxygens (including phenoxy) is 1. The highest BCUT2D eigenvalue weighted by atomic mass is 32.2. The lowest BCUT2D eigenvalue weighted by atomic mass is 9.96. The quantitative estimate of drug-likeness (QED) is 0.799. The van der Waals surface area contributed by atoms with Crippen molar-refractivity contribution in [3.8, 4) is 0 Å². The molecule has 0 saturated heterocycles. The van der Waals surface area contributed by atoms with Gasteiger partial charge in [0.2, 0.25) is 0 Å². The average molecular weight is 282 g/mol. The highest BCUT2D eigenvalue weighted by Gasteiger charge is 2.21. The minimum atomic E-state index is -3.33. The van der Waals surface area contributed by atoms with Crippen molar-refractivity contribution in [2.24, 2.45) is 0 Å². The summed E-state index contributed by atoms with van der Waals surface area (Å²) in [4.78, 5) is 11.8. The fourth-order valence-electron chi connectivity index (χ4n) is 2.57. The monoisotopic (exact) mass is 282 g/mol. The zero-order chi connectivity index (χ0) is 14.0. The topological polar surface area (TPSA) is 60.4 Å². The van der Waals surface area contributed by atoms with E-state index in [1.54, 1.807) is 12.1 Å². The predicted octanol–water partition coefficient (Wildman–Crippen LogP) is 2.53. The Morgan fingerprint density at radius 3 is 2.37 bits per heavy atom. The van der Waals surface area contributed by atoms with Crippen LogP contribution in [0, 0.1) is 0 Å². The highest BCUT2D eigenvalue weighted by Crippen LogP contribution is 2.35. The van der Waals surface area contributed by atoms with Crippen molar-refractivity contribution in [3.05, 3.63) is 29.3 Å². The van der Waals surface area contributed by atoms with Gasteiger partial charge >= 0.3 is 5.97 Å². The number of hydrogen-bond donors (Lipinski definition) is 0. The molecule has 0 N–H and O–H groups in total. The summed E-state index contributed by atoms with van der Waals surface area (Å²) in [7, 11) is -2.03. The molecule has 19 heavy (non-hydrogen) atoms. The van der Waals surface area contributed by atoms with Gasteiger partial charge in [-0.15, -0.1) is 0 Å². The molecule has 0 aliphatic heterocycles. The zero-order valence-electron chi connectivity index (χ0n) is 11.2. The largest absolute Gasteiger partial charge is 0.465 e. The molecule has 0 heterocycles. The Kier molecular flexibility index (Phi) is 3.94. The van der Waals surface area contributed by atoms with E-state index in [0.717, 1.165) is 37.5 Å². The lowest BCUT2D eigenvalue weighted by molar-refractivity contribution is 0.0600. The van der Waals surface area contributed by atoms with Gasteiger partial charge in [0.15, 0.2) is 9.84 Å². The third kappa shape index (κ3) is 3.15. The molecule has 0 spiro atoms. The first kappa shape index (κ1) is 14.1. The maximum atomic E-state index is 11.7. The molecule has 104 valence electrons. The minimum absolute atomic E-state index is 0.192. The molecule has 0 aromatic heterocycles. The number of carbonyl (C=O) groups excluding carboxylic acids is 1. The average Bonchev–Trinajstić information content (AvgIpc) is 2.90. The molecule has 1 aliphatic carbocycles. The third-order valence-electron chi connectivity index (χ3n) is 3.60. The van der Waals surface area contributed by atoms with E-state index in [0.29, 0.717) is 11.5 Å². The van der Waals surface area contributed by atoms with Crippen LogP contribution in [0.15, 0.2) is 23.1 Å².